The molecule has 1 aromatic carbocycles. The van der Waals surface area contributed by atoms with Crippen LogP contribution in [0.4, 0.5) is 8.78 Å². The van der Waals surface area contributed by atoms with E-state index in [1.165, 1.54) is 12.1 Å². The number of halogens is 2. The molecular formula is C15H19F2NO2. The first-order chi connectivity index (χ1) is 9.59. The van der Waals surface area contributed by atoms with Gasteiger partial charge in [0.2, 0.25) is 0 Å². The molecule has 2 N–H and O–H groups in total. The van der Waals surface area contributed by atoms with E-state index in [1.54, 1.807) is 0 Å². The molecule has 0 atom stereocenters. The fourth-order valence-electron chi connectivity index (χ4n) is 2.95. The van der Waals surface area contributed by atoms with E-state index in [2.05, 4.69) is 5.32 Å². The SMILES string of the molecule is OCC1(CNC2(c3ccc(F)cc3F)CCC2)COC1. The van der Waals surface area contributed by atoms with Crippen LogP contribution in [0.25, 0.3) is 0 Å². The van der Waals surface area contributed by atoms with Gasteiger partial charge in [-0.1, -0.05) is 6.07 Å². The van der Waals surface area contributed by atoms with Crippen LogP contribution in [0.5, 0.6) is 0 Å². The minimum atomic E-state index is -0.556. The lowest BCUT2D eigenvalue weighted by Crippen LogP contribution is -2.58. The molecule has 1 saturated heterocycles. The molecule has 2 aliphatic rings. The Hall–Kier alpha value is -1.04. The lowest BCUT2D eigenvalue weighted by Gasteiger charge is -2.48. The minimum Gasteiger partial charge on any atom is -0.396 e. The molecule has 110 valence electrons. The number of rotatable bonds is 5. The normalized spacial score (nSPS) is 22.9. The molecule has 1 saturated carbocycles. The van der Waals surface area contributed by atoms with Gasteiger partial charge in [0.05, 0.1) is 25.2 Å². The maximum absolute atomic E-state index is 14.0. The Morgan fingerprint density at radius 2 is 2.00 bits per heavy atom. The molecular weight excluding hydrogens is 264 g/mol. The topological polar surface area (TPSA) is 41.5 Å². The molecule has 0 bridgehead atoms. The molecule has 3 rings (SSSR count). The lowest BCUT2D eigenvalue weighted by molar-refractivity contribution is -0.138. The number of aliphatic hydroxyl groups excluding tert-OH is 1. The first-order valence-corrected chi connectivity index (χ1v) is 6.98. The highest BCUT2D eigenvalue weighted by atomic mass is 19.1. The van der Waals surface area contributed by atoms with Crippen LogP contribution in [0.2, 0.25) is 0 Å². The molecule has 0 aromatic heterocycles. The highest BCUT2D eigenvalue weighted by molar-refractivity contribution is 5.29. The van der Waals surface area contributed by atoms with Crippen molar-refractivity contribution in [3.8, 4) is 0 Å². The third-order valence-corrected chi connectivity index (χ3v) is 4.61. The lowest BCUT2D eigenvalue weighted by atomic mass is 9.70. The van der Waals surface area contributed by atoms with Crippen molar-refractivity contribution < 1.29 is 18.6 Å². The zero-order valence-electron chi connectivity index (χ0n) is 11.3. The van der Waals surface area contributed by atoms with E-state index in [9.17, 15) is 13.9 Å². The van der Waals surface area contributed by atoms with Crippen LogP contribution in [-0.2, 0) is 10.3 Å². The van der Waals surface area contributed by atoms with Crippen LogP contribution >= 0.6 is 0 Å². The van der Waals surface area contributed by atoms with E-state index in [1.807, 2.05) is 0 Å². The summed E-state index contributed by atoms with van der Waals surface area (Å²) in [6.07, 6.45) is 2.68. The van der Waals surface area contributed by atoms with Crippen molar-refractivity contribution in [2.75, 3.05) is 26.4 Å². The van der Waals surface area contributed by atoms with Gasteiger partial charge in [-0.15, -0.1) is 0 Å². The van der Waals surface area contributed by atoms with Gasteiger partial charge in [0.1, 0.15) is 11.6 Å². The zero-order valence-corrected chi connectivity index (χ0v) is 11.3. The van der Waals surface area contributed by atoms with Crippen molar-refractivity contribution >= 4 is 0 Å². The highest BCUT2D eigenvalue weighted by Gasteiger charge is 2.44. The van der Waals surface area contributed by atoms with Crippen LogP contribution < -0.4 is 5.32 Å². The van der Waals surface area contributed by atoms with Crippen LogP contribution in [0, 0.1) is 17.0 Å². The Labute approximate surface area is 116 Å². The van der Waals surface area contributed by atoms with Gasteiger partial charge in [-0.3, -0.25) is 0 Å². The molecule has 0 unspecified atom stereocenters. The summed E-state index contributed by atoms with van der Waals surface area (Å²) in [4.78, 5) is 0. The van der Waals surface area contributed by atoms with Crippen molar-refractivity contribution in [2.45, 2.75) is 24.8 Å². The summed E-state index contributed by atoms with van der Waals surface area (Å²) in [7, 11) is 0. The summed E-state index contributed by atoms with van der Waals surface area (Å²) in [6.45, 7) is 1.69. The van der Waals surface area contributed by atoms with Crippen molar-refractivity contribution in [3.63, 3.8) is 0 Å². The number of hydrogen-bond donors (Lipinski definition) is 2. The van der Waals surface area contributed by atoms with Gasteiger partial charge in [0.15, 0.2) is 0 Å². The second kappa shape index (κ2) is 5.06. The van der Waals surface area contributed by atoms with Gasteiger partial charge in [0, 0.05) is 23.7 Å². The number of ether oxygens (including phenoxy) is 1. The first kappa shape index (κ1) is 13.9. The number of hydrogen-bond acceptors (Lipinski definition) is 3. The molecule has 1 aromatic rings. The highest BCUT2D eigenvalue weighted by Crippen LogP contribution is 2.43. The zero-order chi connectivity index (χ0) is 14.2. The quantitative estimate of drug-likeness (QED) is 0.868. The third-order valence-electron chi connectivity index (χ3n) is 4.61. The average Bonchev–Trinajstić information content (AvgIpc) is 2.32. The molecule has 1 heterocycles. The summed E-state index contributed by atoms with van der Waals surface area (Å²) in [5, 5.41) is 12.8. The smallest absolute Gasteiger partial charge is 0.131 e. The van der Waals surface area contributed by atoms with E-state index in [4.69, 9.17) is 4.74 Å². The molecule has 0 radical (unpaired) electrons. The van der Waals surface area contributed by atoms with Crippen molar-refractivity contribution in [1.29, 1.82) is 0 Å². The van der Waals surface area contributed by atoms with Gasteiger partial charge in [0.25, 0.3) is 0 Å². The molecule has 20 heavy (non-hydrogen) atoms. The monoisotopic (exact) mass is 283 g/mol. The molecule has 2 fully saturated rings. The summed E-state index contributed by atoms with van der Waals surface area (Å²) in [5.74, 6) is -1.06. The van der Waals surface area contributed by atoms with Crippen molar-refractivity contribution in [2.24, 2.45) is 5.41 Å². The summed E-state index contributed by atoms with van der Waals surface area (Å²) < 4.78 is 32.2. The molecule has 0 spiro atoms. The van der Waals surface area contributed by atoms with Crippen LogP contribution in [-0.4, -0.2) is 31.5 Å². The Balaban J connectivity index is 1.77. The van der Waals surface area contributed by atoms with Crippen molar-refractivity contribution in [1.82, 2.24) is 5.32 Å². The summed E-state index contributed by atoms with van der Waals surface area (Å²) in [6, 6.07) is 3.76. The number of aliphatic hydroxyl groups is 1. The van der Waals surface area contributed by atoms with E-state index in [-0.39, 0.29) is 12.0 Å². The number of nitrogens with one attached hydrogen (secondary N) is 1. The fraction of sp³-hybridized carbons (Fsp3) is 0.600. The summed E-state index contributed by atoms with van der Waals surface area (Å²) in [5.41, 5.74) is -0.146. The fourth-order valence-corrected chi connectivity index (χ4v) is 2.95. The standard InChI is InChI=1S/C15H19F2NO2/c16-11-2-3-12(13(17)6-11)15(4-1-5-15)18-7-14(8-19)9-20-10-14/h2-3,6,18-19H,1,4-5,7-10H2. The molecule has 1 aliphatic heterocycles. The van der Waals surface area contributed by atoms with E-state index < -0.39 is 17.2 Å². The van der Waals surface area contributed by atoms with Gasteiger partial charge in [-0.05, 0) is 25.3 Å². The molecule has 1 aliphatic carbocycles. The van der Waals surface area contributed by atoms with Crippen LogP contribution in [0.1, 0.15) is 24.8 Å². The van der Waals surface area contributed by atoms with E-state index >= 15 is 0 Å². The predicted molar refractivity (Wildman–Crippen MR) is 70.2 cm³/mol. The predicted octanol–water partition coefficient (Wildman–Crippen LogP) is 1.94. The minimum absolute atomic E-state index is 0.0575. The van der Waals surface area contributed by atoms with E-state index in [0.29, 0.717) is 25.3 Å². The molecule has 3 nitrogen and oxygen atoms in total. The van der Waals surface area contributed by atoms with Gasteiger partial charge >= 0.3 is 0 Å². The maximum Gasteiger partial charge on any atom is 0.131 e. The third kappa shape index (κ3) is 2.24. The Morgan fingerprint density at radius 1 is 1.25 bits per heavy atom. The van der Waals surface area contributed by atoms with Gasteiger partial charge in [-0.25, -0.2) is 8.78 Å². The Kier molecular flexibility index (Phi) is 3.52. The number of benzene rings is 1. The average molecular weight is 283 g/mol. The Bertz CT molecular complexity index is 493. The molecule has 5 heteroatoms. The Morgan fingerprint density at radius 3 is 2.45 bits per heavy atom. The first-order valence-electron chi connectivity index (χ1n) is 6.98. The summed E-state index contributed by atoms with van der Waals surface area (Å²) >= 11 is 0. The van der Waals surface area contributed by atoms with E-state index in [0.717, 1.165) is 25.3 Å². The van der Waals surface area contributed by atoms with Gasteiger partial charge < -0.3 is 15.2 Å². The largest absolute Gasteiger partial charge is 0.396 e. The van der Waals surface area contributed by atoms with Gasteiger partial charge in [-0.2, -0.15) is 0 Å². The second-order valence-corrected chi connectivity index (χ2v) is 6.06. The molecule has 0 amide bonds. The maximum atomic E-state index is 14.0. The van der Waals surface area contributed by atoms with Crippen LogP contribution in [0.3, 0.4) is 0 Å². The second-order valence-electron chi connectivity index (χ2n) is 6.06. The van der Waals surface area contributed by atoms with Crippen LogP contribution in [0.15, 0.2) is 18.2 Å². The van der Waals surface area contributed by atoms with Crippen molar-refractivity contribution in [3.05, 3.63) is 35.4 Å².